The normalized spacial score (nSPS) is 13.5. The molecule has 7 N–H and O–H groups in total. The number of carbonyl (C=O) groups is 7. The third-order valence-corrected chi connectivity index (χ3v) is 16.0. The number of fused-ring (bicyclic) bond motifs is 2. The summed E-state index contributed by atoms with van der Waals surface area (Å²) in [5.41, 5.74) is 6.21. The van der Waals surface area contributed by atoms with E-state index in [0.717, 1.165) is 27.3 Å². The summed E-state index contributed by atoms with van der Waals surface area (Å²) in [6.45, 7) is 3.97. The van der Waals surface area contributed by atoms with E-state index in [0.29, 0.717) is 88.1 Å². The molecule has 24 heteroatoms. The minimum absolute atomic E-state index is 0.0802. The van der Waals surface area contributed by atoms with Crippen molar-refractivity contribution in [1.29, 1.82) is 0 Å². The second kappa shape index (κ2) is 28.7. The van der Waals surface area contributed by atoms with Crippen LogP contribution in [0.1, 0.15) is 35.7 Å². The molecule has 6 aromatic rings. The Hall–Kier alpha value is -11.3. The highest BCUT2D eigenvalue weighted by Crippen LogP contribution is 2.43. The maximum atomic E-state index is 13.9. The molecular weight excluding hydrogens is 1200 g/mol. The molecule has 0 bridgehead atoms. The molecule has 0 unspecified atom stereocenters. The summed E-state index contributed by atoms with van der Waals surface area (Å²) in [5.74, 6) is -4.75. The number of para-hydroxylation sites is 3. The van der Waals surface area contributed by atoms with E-state index in [1.807, 2.05) is 70.1 Å². The van der Waals surface area contributed by atoms with Gasteiger partial charge < -0.3 is 79.1 Å². The smallest absolute Gasteiger partial charge is 0.336 e. The summed E-state index contributed by atoms with van der Waals surface area (Å²) >= 11 is 0. The van der Waals surface area contributed by atoms with Crippen LogP contribution in [0, 0.1) is 11.8 Å². The Morgan fingerprint density at radius 1 is 0.548 bits per heavy atom. The average molecular weight is 1270 g/mol. The van der Waals surface area contributed by atoms with Crippen LogP contribution in [0.5, 0.6) is 23.0 Å². The lowest BCUT2D eigenvalue weighted by atomic mass is 9.90. The standard InChI is InChI=1S/C69H69N7O17/c1-41(2)48-11-7-9-15-56(48)89-25-27-91-60-29-44(17-23-53(60)72(3)37-62(77)78)70-67(85)42-33-74(34-42)46-19-21-51-58(31-46)93-59-32-47(20-22-52(59)66(51)49-12-5-6-13-50(49)69(87)88)75-35-43(36-75)68(86)71-45-18-24-54(73(4)38-63(79)80)61(30-45)92-28-26-90-57-16-10-8-14-55(57)76(39-64(81)82)40-65(83)84/h5-24,29-32,41-43H,25-28,33-40H2,1-4H3,(H6-,70,71,77,78,79,80,81,82,83,84,85,86,87,88)/p+1. The predicted octanol–water partition coefficient (Wildman–Crippen LogP) is 8.07. The van der Waals surface area contributed by atoms with Crippen molar-refractivity contribution >= 4 is 86.8 Å². The van der Waals surface area contributed by atoms with Gasteiger partial charge in [0.2, 0.25) is 17.2 Å². The number of carbonyl (C=O) groups excluding carboxylic acids is 2. The first-order valence-corrected chi connectivity index (χ1v) is 30.0. The fraction of sp³-hybridized carbons (Fsp3) is 0.275. The highest BCUT2D eigenvalue weighted by molar-refractivity contribution is 6.08. The number of ether oxygens (including phenoxy) is 4. The number of nitrogens with zero attached hydrogens (tertiary/aromatic N) is 5. The van der Waals surface area contributed by atoms with Gasteiger partial charge in [-0.25, -0.2) is 9.37 Å². The number of hydrogen-bond donors (Lipinski definition) is 7. The first-order chi connectivity index (χ1) is 44.7. The summed E-state index contributed by atoms with van der Waals surface area (Å²) in [5, 5.41) is 55.8. The molecule has 0 radical (unpaired) electrons. The van der Waals surface area contributed by atoms with E-state index in [1.165, 1.54) is 4.90 Å². The van der Waals surface area contributed by atoms with Crippen molar-refractivity contribution in [3.05, 3.63) is 162 Å². The third-order valence-electron chi connectivity index (χ3n) is 16.0. The van der Waals surface area contributed by atoms with Crippen LogP contribution in [0.4, 0.5) is 34.1 Å². The van der Waals surface area contributed by atoms with E-state index in [4.69, 9.17) is 23.4 Å². The zero-order valence-corrected chi connectivity index (χ0v) is 51.4. The van der Waals surface area contributed by atoms with Crippen molar-refractivity contribution in [2.75, 3.05) is 123 Å². The van der Waals surface area contributed by atoms with Crippen LogP contribution >= 0.6 is 0 Å². The van der Waals surface area contributed by atoms with Crippen LogP contribution in [0.2, 0.25) is 0 Å². The highest BCUT2D eigenvalue weighted by Gasteiger charge is 2.39. The van der Waals surface area contributed by atoms with Gasteiger partial charge in [0.1, 0.15) is 86.9 Å². The van der Waals surface area contributed by atoms with E-state index in [1.54, 1.807) is 104 Å². The molecule has 2 fully saturated rings. The average Bonchev–Trinajstić information content (AvgIpc) is 0.743. The Kier molecular flexibility index (Phi) is 19.9. The number of hydrogen-bond acceptors (Lipinski definition) is 16. The van der Waals surface area contributed by atoms with Crippen LogP contribution in [-0.2, 0) is 28.8 Å². The molecule has 0 saturated carbocycles. The van der Waals surface area contributed by atoms with Crippen LogP contribution in [0.25, 0.3) is 33.4 Å². The van der Waals surface area contributed by atoms with Crippen LogP contribution in [0.3, 0.4) is 0 Å². The van der Waals surface area contributed by atoms with E-state index < -0.39 is 54.8 Å². The Labute approximate surface area is 534 Å². The zero-order valence-electron chi connectivity index (χ0n) is 51.4. The molecule has 0 atom stereocenters. The van der Waals surface area contributed by atoms with Gasteiger partial charge in [0.25, 0.3) is 0 Å². The number of anilines is 6. The molecule has 0 spiro atoms. The Morgan fingerprint density at radius 2 is 1.08 bits per heavy atom. The quantitative estimate of drug-likeness (QED) is 0.0132. The van der Waals surface area contributed by atoms with Gasteiger partial charge >= 0.3 is 29.8 Å². The lowest BCUT2D eigenvalue weighted by Crippen LogP contribution is -2.53. The molecule has 6 aromatic carbocycles. The second-order valence-electron chi connectivity index (χ2n) is 22.9. The molecule has 2 saturated heterocycles. The van der Waals surface area contributed by atoms with Crippen molar-refractivity contribution < 1.29 is 82.5 Å². The topological polar surface area (TPSA) is 311 Å². The van der Waals surface area contributed by atoms with Crippen LogP contribution in [0.15, 0.2) is 150 Å². The van der Waals surface area contributed by atoms with Gasteiger partial charge in [-0.15, -0.1) is 0 Å². The molecule has 93 heavy (non-hydrogen) atoms. The number of amides is 2. The van der Waals surface area contributed by atoms with Crippen molar-refractivity contribution in [2.24, 2.45) is 11.8 Å². The molecule has 3 aliphatic heterocycles. The molecular formula is C69H70N7O17+. The van der Waals surface area contributed by atoms with Gasteiger partial charge in [-0.1, -0.05) is 62.4 Å². The van der Waals surface area contributed by atoms with Crippen LogP contribution in [-0.4, -0.2) is 160 Å². The zero-order chi connectivity index (χ0) is 66.0. The molecule has 24 nitrogen and oxygen atoms in total. The van der Waals surface area contributed by atoms with Crippen molar-refractivity contribution in [1.82, 2.24) is 4.58 Å². The fourth-order valence-corrected chi connectivity index (χ4v) is 11.3. The van der Waals surface area contributed by atoms with E-state index in [2.05, 4.69) is 24.5 Å². The number of nitrogens with one attached hydrogen (secondary N) is 2. The number of likely N-dealkylation sites (N-methyl/N-ethyl adjacent to an activating group) is 2. The van der Waals surface area contributed by atoms with Gasteiger partial charge in [0.05, 0.1) is 34.6 Å². The Morgan fingerprint density at radius 3 is 1.66 bits per heavy atom. The summed E-state index contributed by atoms with van der Waals surface area (Å²) in [7, 11) is 3.22. The summed E-state index contributed by atoms with van der Waals surface area (Å²) < 4.78 is 33.0. The first-order valence-electron chi connectivity index (χ1n) is 30.0. The van der Waals surface area contributed by atoms with Crippen molar-refractivity contribution in [2.45, 2.75) is 19.8 Å². The number of carboxylic acid groups (broad SMARTS) is 5. The third kappa shape index (κ3) is 15.5. The number of benzene rings is 7. The SMILES string of the molecule is CC(C)c1ccccc1OCCOc1cc(NC(=O)C2CN(c3ccc4c(-c5ccccc5C(=O)O)c5ccc(=[N+]6CC(C(=O)Nc7ccc(N(C)CC(=O)O)c(OCCOc8ccccc8N(CC(=O)O)CC(=O)O)c7)C6)cc-5oc4c3)C2)ccc1N(C)CC(=O)O. The number of aliphatic carboxylic acids is 4. The fourth-order valence-electron chi connectivity index (χ4n) is 11.3. The van der Waals surface area contributed by atoms with Gasteiger partial charge in [-0.05, 0) is 83.8 Å². The Bertz CT molecular complexity index is 4180. The molecule has 0 aromatic heterocycles. The van der Waals surface area contributed by atoms with Gasteiger partial charge in [-0.3, -0.25) is 28.8 Å². The Balaban J connectivity index is 0.832. The monoisotopic (exact) mass is 1270 g/mol. The van der Waals surface area contributed by atoms with Crippen molar-refractivity contribution in [3.63, 3.8) is 0 Å². The second-order valence-corrected chi connectivity index (χ2v) is 22.9. The lowest BCUT2D eigenvalue weighted by molar-refractivity contribution is -0.137. The van der Waals surface area contributed by atoms with Crippen LogP contribution < -0.4 is 59.1 Å². The van der Waals surface area contributed by atoms with Gasteiger partial charge in [0.15, 0.2) is 19.0 Å². The minimum Gasteiger partial charge on any atom is -0.490 e. The van der Waals surface area contributed by atoms with E-state index in [-0.39, 0.29) is 80.0 Å². The highest BCUT2D eigenvalue weighted by atomic mass is 16.5. The predicted molar refractivity (Wildman–Crippen MR) is 348 cm³/mol. The molecule has 1 aliphatic carbocycles. The first kappa shape index (κ1) is 64.7. The number of carboxylic acids is 5. The van der Waals surface area contributed by atoms with Gasteiger partial charge in [0, 0.05) is 85.0 Å². The molecule has 3 heterocycles. The molecule has 10 rings (SSSR count). The molecule has 482 valence electrons. The summed E-state index contributed by atoms with van der Waals surface area (Å²) in [4.78, 5) is 93.2. The number of aromatic carboxylic acids is 1. The summed E-state index contributed by atoms with van der Waals surface area (Å²) in [6, 6.07) is 42.1. The maximum Gasteiger partial charge on any atom is 0.336 e. The van der Waals surface area contributed by atoms with Crippen molar-refractivity contribution in [3.8, 4) is 45.4 Å². The maximum absolute atomic E-state index is 13.9. The number of rotatable bonds is 29. The van der Waals surface area contributed by atoms with Gasteiger partial charge in [-0.2, -0.15) is 0 Å². The summed E-state index contributed by atoms with van der Waals surface area (Å²) in [6.07, 6.45) is 0. The molecule has 4 aliphatic rings. The minimum atomic E-state index is -1.23. The molecule has 2 amide bonds. The van der Waals surface area contributed by atoms with E-state index in [9.17, 15) is 59.1 Å². The van der Waals surface area contributed by atoms with E-state index >= 15 is 0 Å². The lowest BCUT2D eigenvalue weighted by Gasteiger charge is -2.40. The largest absolute Gasteiger partial charge is 0.490 e.